The zero-order chi connectivity index (χ0) is 21.5. The van der Waals surface area contributed by atoms with Gasteiger partial charge >= 0.3 is 0 Å². The smallest absolute Gasteiger partial charge is 0.231 e. The molecule has 6 nitrogen and oxygen atoms in total. The van der Waals surface area contributed by atoms with Gasteiger partial charge in [-0.3, -0.25) is 0 Å². The first-order valence-corrected chi connectivity index (χ1v) is 11.0. The molecule has 0 aromatic heterocycles. The summed E-state index contributed by atoms with van der Waals surface area (Å²) < 4.78 is 21.2. The van der Waals surface area contributed by atoms with Gasteiger partial charge in [0.25, 0.3) is 0 Å². The van der Waals surface area contributed by atoms with Crippen molar-refractivity contribution < 1.29 is 29.2 Å². The molecule has 1 heterocycles. The zero-order valence-electron chi connectivity index (χ0n) is 18.6. The van der Waals surface area contributed by atoms with Gasteiger partial charge in [-0.05, 0) is 62.3 Å². The maximum Gasteiger partial charge on any atom is 0.231 e. The van der Waals surface area contributed by atoms with Crippen LogP contribution in [0.15, 0.2) is 12.1 Å². The van der Waals surface area contributed by atoms with Crippen molar-refractivity contribution >= 4 is 0 Å². The van der Waals surface area contributed by atoms with E-state index in [2.05, 4.69) is 26.0 Å². The van der Waals surface area contributed by atoms with Crippen molar-refractivity contribution in [3.63, 3.8) is 0 Å². The fraction of sp³-hybridized carbons (Fsp3) is 0.739. The Balaban J connectivity index is 0.000000749. The van der Waals surface area contributed by atoms with Crippen molar-refractivity contribution in [1.82, 2.24) is 0 Å². The van der Waals surface area contributed by atoms with Crippen LogP contribution in [0.1, 0.15) is 58.1 Å². The predicted molar refractivity (Wildman–Crippen MR) is 115 cm³/mol. The normalized spacial score (nSPS) is 14.3. The van der Waals surface area contributed by atoms with E-state index in [0.29, 0.717) is 0 Å². The molecule has 0 radical (unpaired) electrons. The van der Waals surface area contributed by atoms with E-state index < -0.39 is 6.10 Å². The summed E-state index contributed by atoms with van der Waals surface area (Å²) in [5.74, 6) is 1.75. The molecule has 6 heteroatoms. The number of fused-ring (bicyclic) bond motifs is 1. The highest BCUT2D eigenvalue weighted by Gasteiger charge is 2.23. The second kappa shape index (κ2) is 15.5. The van der Waals surface area contributed by atoms with Gasteiger partial charge < -0.3 is 29.2 Å². The van der Waals surface area contributed by atoms with Crippen molar-refractivity contribution in [2.24, 2.45) is 5.92 Å². The number of benzene rings is 1. The van der Waals surface area contributed by atoms with Gasteiger partial charge in [0.05, 0.1) is 25.9 Å². The number of aliphatic hydroxyl groups excluding tert-OH is 2. The van der Waals surface area contributed by atoms with Gasteiger partial charge in [0, 0.05) is 13.2 Å². The predicted octanol–water partition coefficient (Wildman–Crippen LogP) is 3.74. The molecule has 2 atom stereocenters. The average Bonchev–Trinajstić information content (AvgIpc) is 3.16. The van der Waals surface area contributed by atoms with Crippen LogP contribution in [0.25, 0.3) is 0 Å². The van der Waals surface area contributed by atoms with Crippen LogP contribution in [0.4, 0.5) is 0 Å². The van der Waals surface area contributed by atoms with E-state index in [1.165, 1.54) is 11.1 Å². The molecule has 1 aliphatic heterocycles. The Morgan fingerprint density at radius 2 is 1.62 bits per heavy atom. The Morgan fingerprint density at radius 3 is 2.14 bits per heavy atom. The van der Waals surface area contributed by atoms with Gasteiger partial charge in [0.2, 0.25) is 6.79 Å². The minimum absolute atomic E-state index is 0.0199. The van der Waals surface area contributed by atoms with Crippen LogP contribution in [0.3, 0.4) is 0 Å². The Hall–Kier alpha value is -1.34. The average molecular weight is 413 g/mol. The molecule has 0 fully saturated rings. The lowest BCUT2D eigenvalue weighted by molar-refractivity contribution is -0.00769. The summed E-state index contributed by atoms with van der Waals surface area (Å²) in [4.78, 5) is 0. The fourth-order valence-electron chi connectivity index (χ4n) is 3.41. The molecule has 0 amide bonds. The standard InChI is InChI=1S/C19H30O5.C4H10O/c1-3-5-14-10-18-19(24-13-23-18)11-16(14)9-15(6-4-2)17(21)12-22-8-7-20;1-3-5-4-2/h10-11,15,17,20-21H,3-9,12-13H2,1-2H3;3-4H2,1-2H3. The summed E-state index contributed by atoms with van der Waals surface area (Å²) in [5.41, 5.74) is 2.49. The van der Waals surface area contributed by atoms with Crippen molar-refractivity contribution in [2.45, 2.75) is 65.9 Å². The van der Waals surface area contributed by atoms with Crippen molar-refractivity contribution in [1.29, 1.82) is 0 Å². The zero-order valence-corrected chi connectivity index (χ0v) is 18.6. The Labute approximate surface area is 176 Å². The molecule has 2 unspecified atom stereocenters. The summed E-state index contributed by atoms with van der Waals surface area (Å²) in [6.45, 7) is 10.7. The molecular weight excluding hydrogens is 372 g/mol. The Bertz CT molecular complexity index is 546. The summed E-state index contributed by atoms with van der Waals surface area (Å²) >= 11 is 0. The minimum Gasteiger partial charge on any atom is -0.454 e. The molecular formula is C23H40O6. The third kappa shape index (κ3) is 9.34. The molecule has 2 N–H and O–H groups in total. The molecule has 0 spiro atoms. The molecule has 1 aromatic rings. The van der Waals surface area contributed by atoms with Crippen molar-refractivity contribution in [2.75, 3.05) is 39.8 Å². The second-order valence-electron chi connectivity index (χ2n) is 7.12. The van der Waals surface area contributed by atoms with Crippen LogP contribution in [0.2, 0.25) is 0 Å². The Morgan fingerprint density at radius 1 is 0.966 bits per heavy atom. The highest BCUT2D eigenvalue weighted by Crippen LogP contribution is 2.36. The van der Waals surface area contributed by atoms with E-state index in [9.17, 15) is 5.11 Å². The molecule has 168 valence electrons. The van der Waals surface area contributed by atoms with Crippen LogP contribution in [0.5, 0.6) is 11.5 Å². The second-order valence-corrected chi connectivity index (χ2v) is 7.12. The van der Waals surface area contributed by atoms with Gasteiger partial charge in [0.1, 0.15) is 0 Å². The van der Waals surface area contributed by atoms with Crippen LogP contribution in [-0.4, -0.2) is 56.1 Å². The number of aryl methyl sites for hydroxylation is 1. The van der Waals surface area contributed by atoms with Crippen LogP contribution in [-0.2, 0) is 22.3 Å². The quantitative estimate of drug-likeness (QED) is 0.481. The maximum atomic E-state index is 10.5. The van der Waals surface area contributed by atoms with E-state index in [1.54, 1.807) is 0 Å². The number of rotatable bonds is 13. The number of hydrogen-bond acceptors (Lipinski definition) is 6. The minimum atomic E-state index is -0.531. The summed E-state index contributed by atoms with van der Waals surface area (Å²) in [6, 6.07) is 4.15. The first kappa shape index (κ1) is 25.7. The summed E-state index contributed by atoms with van der Waals surface area (Å²) in [6.07, 6.45) is 4.26. The van der Waals surface area contributed by atoms with Crippen LogP contribution < -0.4 is 9.47 Å². The number of ether oxygens (including phenoxy) is 4. The first-order chi connectivity index (χ1) is 14.1. The Kier molecular flexibility index (Phi) is 13.7. The SMILES string of the molecule is CCCc1cc2c(cc1CC(CCC)C(O)COCCO)OCO2.CCOCC. The van der Waals surface area contributed by atoms with E-state index in [0.717, 1.165) is 56.8 Å². The molecule has 0 saturated carbocycles. The highest BCUT2D eigenvalue weighted by atomic mass is 16.7. The van der Waals surface area contributed by atoms with E-state index >= 15 is 0 Å². The molecule has 1 aliphatic rings. The maximum absolute atomic E-state index is 10.5. The third-order valence-corrected chi connectivity index (χ3v) is 4.83. The van der Waals surface area contributed by atoms with Crippen molar-refractivity contribution in [3.8, 4) is 11.5 Å². The molecule has 2 rings (SSSR count). The van der Waals surface area contributed by atoms with Crippen LogP contribution >= 0.6 is 0 Å². The first-order valence-electron chi connectivity index (χ1n) is 11.0. The monoisotopic (exact) mass is 412 g/mol. The lowest BCUT2D eigenvalue weighted by Crippen LogP contribution is -2.28. The van der Waals surface area contributed by atoms with Gasteiger partial charge in [-0.2, -0.15) is 0 Å². The van der Waals surface area contributed by atoms with Crippen LogP contribution in [0, 0.1) is 5.92 Å². The van der Waals surface area contributed by atoms with Gasteiger partial charge in [0.15, 0.2) is 11.5 Å². The third-order valence-electron chi connectivity index (χ3n) is 4.83. The molecule has 0 aliphatic carbocycles. The van der Waals surface area contributed by atoms with Gasteiger partial charge in [-0.15, -0.1) is 0 Å². The fourth-order valence-corrected chi connectivity index (χ4v) is 3.41. The van der Waals surface area contributed by atoms with Crippen molar-refractivity contribution in [3.05, 3.63) is 23.3 Å². The lowest BCUT2D eigenvalue weighted by atomic mass is 9.87. The number of hydrogen-bond donors (Lipinski definition) is 2. The molecule has 0 bridgehead atoms. The van der Waals surface area contributed by atoms with E-state index in [4.69, 9.17) is 24.1 Å². The van der Waals surface area contributed by atoms with Gasteiger partial charge in [-0.1, -0.05) is 26.7 Å². The number of aliphatic hydroxyl groups is 2. The van der Waals surface area contributed by atoms with Gasteiger partial charge in [-0.25, -0.2) is 0 Å². The summed E-state index contributed by atoms with van der Waals surface area (Å²) in [5, 5.41) is 19.3. The molecule has 0 saturated heterocycles. The largest absolute Gasteiger partial charge is 0.454 e. The molecule has 29 heavy (non-hydrogen) atoms. The topological polar surface area (TPSA) is 77.4 Å². The van der Waals surface area contributed by atoms with E-state index in [1.807, 2.05) is 13.8 Å². The summed E-state index contributed by atoms with van der Waals surface area (Å²) in [7, 11) is 0. The van der Waals surface area contributed by atoms with E-state index in [-0.39, 0.29) is 32.5 Å². The lowest BCUT2D eigenvalue weighted by Gasteiger charge is -2.24. The molecule has 1 aromatic carbocycles. The highest BCUT2D eigenvalue weighted by molar-refractivity contribution is 5.49.